The van der Waals surface area contributed by atoms with Crippen molar-refractivity contribution in [3.8, 4) is 0 Å². The third kappa shape index (κ3) is 3.14. The Kier molecular flexibility index (Phi) is 4.87. The average Bonchev–Trinajstić information content (AvgIpc) is 2.25. The van der Waals surface area contributed by atoms with Crippen LogP contribution in [0.1, 0.15) is 1.43 Å². The summed E-state index contributed by atoms with van der Waals surface area (Å²) in [5.41, 5.74) is 5.58. The molecule has 0 aromatic heterocycles. The predicted octanol–water partition coefficient (Wildman–Crippen LogP) is -1.97. The zero-order valence-corrected chi connectivity index (χ0v) is 13.9. The van der Waals surface area contributed by atoms with Gasteiger partial charge in [-0.05, 0) is 18.2 Å². The molecular weight excluding hydrogens is 317 g/mol. The zero-order valence-electron chi connectivity index (χ0n) is 11.3. The zero-order chi connectivity index (χ0) is 14.4. The smallest absolute Gasteiger partial charge is 1.00 e. The third-order valence-corrected chi connectivity index (χ3v) is 4.36. The summed E-state index contributed by atoms with van der Waals surface area (Å²) in [6, 6.07) is 5.80. The quantitative estimate of drug-likeness (QED) is 0.331. The van der Waals surface area contributed by atoms with Crippen LogP contribution >= 0.6 is 0 Å². The standard InChI is InChI=1S/C10H9NO6S2.Na.H/c11-7-4-5-8(18(12,13)14)6-2-1-3-9(10(6)7)19(15,16)17;;/h1-5H,11H2,(H,12,13,14)(H,15,16,17);;/q;+1;-1. The van der Waals surface area contributed by atoms with E-state index in [0.717, 1.165) is 18.2 Å². The van der Waals surface area contributed by atoms with Crippen LogP contribution in [-0.2, 0) is 20.2 Å². The van der Waals surface area contributed by atoms with Crippen LogP contribution in [0.25, 0.3) is 10.8 Å². The monoisotopic (exact) mass is 327 g/mol. The average molecular weight is 327 g/mol. The second-order valence-electron chi connectivity index (χ2n) is 3.78. The van der Waals surface area contributed by atoms with E-state index >= 15 is 0 Å². The maximum Gasteiger partial charge on any atom is 1.00 e. The van der Waals surface area contributed by atoms with E-state index in [4.69, 9.17) is 14.8 Å². The molecule has 0 unspecified atom stereocenters. The van der Waals surface area contributed by atoms with Crippen LogP contribution in [0.3, 0.4) is 0 Å². The van der Waals surface area contributed by atoms with Gasteiger partial charge in [0.05, 0.1) is 0 Å². The first-order valence-corrected chi connectivity index (χ1v) is 7.76. The van der Waals surface area contributed by atoms with Crippen LogP contribution in [0, 0.1) is 0 Å². The van der Waals surface area contributed by atoms with Gasteiger partial charge in [-0.1, -0.05) is 12.1 Å². The molecule has 0 amide bonds. The Morgan fingerprint density at radius 1 is 0.900 bits per heavy atom. The molecule has 0 aliphatic carbocycles. The van der Waals surface area contributed by atoms with Gasteiger partial charge in [0.15, 0.2) is 0 Å². The number of hydrogen-bond donors (Lipinski definition) is 3. The van der Waals surface area contributed by atoms with Gasteiger partial charge in [0, 0.05) is 16.5 Å². The van der Waals surface area contributed by atoms with Crippen molar-refractivity contribution in [1.82, 2.24) is 0 Å². The van der Waals surface area contributed by atoms with Crippen LogP contribution in [0.2, 0.25) is 0 Å². The van der Waals surface area contributed by atoms with Crippen molar-refractivity contribution in [2.45, 2.75) is 9.79 Å². The molecule has 0 heterocycles. The molecule has 2 aromatic carbocycles. The summed E-state index contributed by atoms with van der Waals surface area (Å²) in [4.78, 5) is -1.00. The van der Waals surface area contributed by atoms with E-state index in [-0.39, 0.29) is 47.4 Å². The fourth-order valence-corrected chi connectivity index (χ4v) is 3.24. The summed E-state index contributed by atoms with van der Waals surface area (Å²) in [7, 11) is -9.11. The van der Waals surface area contributed by atoms with Crippen molar-refractivity contribution in [3.05, 3.63) is 30.3 Å². The van der Waals surface area contributed by atoms with Gasteiger partial charge in [-0.3, -0.25) is 9.11 Å². The summed E-state index contributed by atoms with van der Waals surface area (Å²) >= 11 is 0. The maximum absolute atomic E-state index is 11.2. The first-order valence-electron chi connectivity index (χ1n) is 4.88. The van der Waals surface area contributed by atoms with Gasteiger partial charge in [0.1, 0.15) is 9.79 Å². The summed E-state index contributed by atoms with van der Waals surface area (Å²) in [6.07, 6.45) is 0. The minimum atomic E-state index is -4.57. The van der Waals surface area contributed by atoms with Gasteiger partial charge < -0.3 is 7.16 Å². The number of rotatable bonds is 2. The Balaban J connectivity index is 0.00000200. The molecule has 0 saturated heterocycles. The van der Waals surface area contributed by atoms with Gasteiger partial charge in [0.25, 0.3) is 20.2 Å². The molecule has 10 heteroatoms. The van der Waals surface area contributed by atoms with E-state index < -0.39 is 30.0 Å². The van der Waals surface area contributed by atoms with Crippen LogP contribution in [0.5, 0.6) is 0 Å². The van der Waals surface area contributed by atoms with Crippen LogP contribution in [-0.4, -0.2) is 25.9 Å². The van der Waals surface area contributed by atoms with Crippen molar-refractivity contribution in [2.75, 3.05) is 5.73 Å². The van der Waals surface area contributed by atoms with Crippen molar-refractivity contribution >= 4 is 36.7 Å². The third-order valence-electron chi connectivity index (χ3n) is 2.55. The molecule has 0 aliphatic heterocycles. The number of anilines is 1. The first kappa shape index (κ1) is 17.4. The van der Waals surface area contributed by atoms with E-state index in [0.29, 0.717) is 0 Å². The molecule has 2 aromatic rings. The fraction of sp³-hybridized carbons (Fsp3) is 0. The van der Waals surface area contributed by atoms with Crippen molar-refractivity contribution in [2.24, 2.45) is 0 Å². The van der Waals surface area contributed by atoms with E-state index in [9.17, 15) is 16.8 Å². The Bertz CT molecular complexity index is 882. The molecule has 0 spiro atoms. The molecule has 20 heavy (non-hydrogen) atoms. The van der Waals surface area contributed by atoms with E-state index in [2.05, 4.69) is 0 Å². The first-order chi connectivity index (χ1) is 8.62. The molecule has 2 rings (SSSR count). The van der Waals surface area contributed by atoms with Crippen LogP contribution in [0.4, 0.5) is 5.69 Å². The molecule has 0 fully saturated rings. The molecule has 104 valence electrons. The Labute approximate surface area is 139 Å². The van der Waals surface area contributed by atoms with Crippen molar-refractivity contribution in [1.29, 1.82) is 0 Å². The molecular formula is C10H10NNaO6S2. The summed E-state index contributed by atoms with van der Waals surface area (Å²) in [5, 5.41) is -0.238. The minimum absolute atomic E-state index is 0. The molecule has 0 atom stereocenters. The van der Waals surface area contributed by atoms with Gasteiger partial charge in [0.2, 0.25) is 0 Å². The van der Waals surface area contributed by atoms with Gasteiger partial charge in [-0.2, -0.15) is 16.8 Å². The molecule has 4 N–H and O–H groups in total. The molecule has 7 nitrogen and oxygen atoms in total. The number of hydrogen-bond acceptors (Lipinski definition) is 5. The fourth-order valence-electron chi connectivity index (χ4n) is 1.81. The SMILES string of the molecule is Nc1ccc(S(=O)(=O)O)c2cccc(S(=O)(=O)O)c12.[H-].[Na+]. The van der Waals surface area contributed by atoms with Gasteiger partial charge in [-0.15, -0.1) is 0 Å². The van der Waals surface area contributed by atoms with Crippen molar-refractivity contribution < 1.29 is 56.9 Å². The molecule has 0 saturated carbocycles. The summed E-state index contributed by atoms with van der Waals surface area (Å²) in [5.74, 6) is 0. The largest absolute Gasteiger partial charge is 1.00 e. The minimum Gasteiger partial charge on any atom is -1.00 e. The molecule has 0 bridgehead atoms. The second kappa shape index (κ2) is 5.60. The number of benzene rings is 2. The number of nitrogen functional groups attached to an aromatic ring is 1. The summed E-state index contributed by atoms with van der Waals surface area (Å²) in [6.45, 7) is 0. The summed E-state index contributed by atoms with van der Waals surface area (Å²) < 4.78 is 63.1. The molecule has 0 radical (unpaired) electrons. The number of nitrogens with two attached hydrogens (primary N) is 1. The Morgan fingerprint density at radius 2 is 1.45 bits per heavy atom. The number of fused-ring (bicyclic) bond motifs is 1. The second-order valence-corrected chi connectivity index (χ2v) is 6.56. The van der Waals surface area contributed by atoms with Crippen molar-refractivity contribution in [3.63, 3.8) is 0 Å². The normalized spacial score (nSPS) is 12.1. The Hall–Kier alpha value is -0.680. The van der Waals surface area contributed by atoms with Gasteiger partial charge in [-0.25, -0.2) is 0 Å². The van der Waals surface area contributed by atoms with E-state index in [1.165, 1.54) is 12.1 Å². The van der Waals surface area contributed by atoms with Gasteiger partial charge >= 0.3 is 29.6 Å². The predicted molar refractivity (Wildman–Crippen MR) is 69.1 cm³/mol. The van der Waals surface area contributed by atoms with Crippen LogP contribution < -0.4 is 35.3 Å². The topological polar surface area (TPSA) is 135 Å². The Morgan fingerprint density at radius 3 is 1.95 bits per heavy atom. The van der Waals surface area contributed by atoms with Crippen LogP contribution in [0.15, 0.2) is 40.1 Å². The van der Waals surface area contributed by atoms with E-state index in [1.807, 2.05) is 0 Å². The molecule has 0 aliphatic rings. The van der Waals surface area contributed by atoms with E-state index in [1.54, 1.807) is 0 Å². The maximum atomic E-state index is 11.2.